The van der Waals surface area contributed by atoms with Gasteiger partial charge in [0.15, 0.2) is 0 Å². The first kappa shape index (κ1) is 16.6. The fourth-order valence-corrected chi connectivity index (χ4v) is 3.79. The lowest BCUT2D eigenvalue weighted by Gasteiger charge is -2.16. The Bertz CT molecular complexity index is 773. The van der Waals surface area contributed by atoms with Crippen molar-refractivity contribution in [3.63, 3.8) is 0 Å². The topological polar surface area (TPSA) is 71.1 Å². The lowest BCUT2D eigenvalue weighted by atomic mass is 10.2. The minimum Gasteiger partial charge on any atom is -0.347 e. The van der Waals surface area contributed by atoms with Crippen LogP contribution in [0.25, 0.3) is 10.6 Å². The van der Waals surface area contributed by atoms with Gasteiger partial charge in [0, 0.05) is 12.0 Å². The molecule has 2 amide bonds. The molecule has 1 aliphatic heterocycles. The van der Waals surface area contributed by atoms with Crippen LogP contribution in [0.4, 0.5) is 4.39 Å². The highest BCUT2D eigenvalue weighted by molar-refractivity contribution is 7.15. The number of nitrogens with zero attached hydrogens (tertiary/aromatic N) is 1. The number of benzene rings is 1. The zero-order valence-corrected chi connectivity index (χ0v) is 14.2. The molecule has 24 heavy (non-hydrogen) atoms. The van der Waals surface area contributed by atoms with E-state index in [1.54, 1.807) is 12.1 Å². The van der Waals surface area contributed by atoms with Gasteiger partial charge in [0.1, 0.15) is 16.9 Å². The number of aromatic nitrogens is 1. The Kier molecular flexibility index (Phi) is 4.62. The second-order valence-electron chi connectivity index (χ2n) is 5.86. The SMILES string of the molecule is Cc1nc(-c2ccc(F)cc2)sc1[C@H](C)NC(=O)[C@@H]1CCC(=O)N1. The van der Waals surface area contributed by atoms with Crippen LogP contribution in [0.2, 0.25) is 0 Å². The molecule has 2 aromatic rings. The van der Waals surface area contributed by atoms with Crippen molar-refractivity contribution < 1.29 is 14.0 Å². The van der Waals surface area contributed by atoms with Crippen LogP contribution in [0, 0.1) is 12.7 Å². The molecule has 126 valence electrons. The van der Waals surface area contributed by atoms with Crippen LogP contribution >= 0.6 is 11.3 Å². The second-order valence-corrected chi connectivity index (χ2v) is 6.90. The van der Waals surface area contributed by atoms with Crippen molar-refractivity contribution in [2.24, 2.45) is 0 Å². The Balaban J connectivity index is 1.73. The van der Waals surface area contributed by atoms with Gasteiger partial charge in [0.2, 0.25) is 11.8 Å². The molecule has 0 radical (unpaired) electrons. The molecular weight excluding hydrogens is 329 g/mol. The molecule has 3 rings (SSSR count). The molecule has 1 fully saturated rings. The molecule has 0 bridgehead atoms. The molecule has 0 aliphatic carbocycles. The lowest BCUT2D eigenvalue weighted by Crippen LogP contribution is -2.42. The van der Waals surface area contributed by atoms with Crippen LogP contribution in [-0.4, -0.2) is 22.8 Å². The lowest BCUT2D eigenvalue weighted by molar-refractivity contribution is -0.126. The van der Waals surface area contributed by atoms with Crippen LogP contribution in [-0.2, 0) is 9.59 Å². The summed E-state index contributed by atoms with van der Waals surface area (Å²) in [4.78, 5) is 28.9. The highest BCUT2D eigenvalue weighted by Gasteiger charge is 2.28. The first-order valence-electron chi connectivity index (χ1n) is 7.77. The van der Waals surface area contributed by atoms with Gasteiger partial charge in [0.25, 0.3) is 0 Å². The summed E-state index contributed by atoms with van der Waals surface area (Å²) in [5, 5.41) is 6.38. The van der Waals surface area contributed by atoms with E-state index >= 15 is 0 Å². The number of hydrogen-bond acceptors (Lipinski definition) is 4. The highest BCUT2D eigenvalue weighted by Crippen LogP contribution is 2.32. The quantitative estimate of drug-likeness (QED) is 0.893. The van der Waals surface area contributed by atoms with E-state index in [4.69, 9.17) is 0 Å². The van der Waals surface area contributed by atoms with E-state index in [2.05, 4.69) is 15.6 Å². The van der Waals surface area contributed by atoms with E-state index in [1.165, 1.54) is 23.5 Å². The Labute approximate surface area is 143 Å². The maximum absolute atomic E-state index is 13.0. The van der Waals surface area contributed by atoms with Crippen molar-refractivity contribution in [2.45, 2.75) is 38.8 Å². The molecule has 0 unspecified atom stereocenters. The van der Waals surface area contributed by atoms with Gasteiger partial charge in [0.05, 0.1) is 16.6 Å². The summed E-state index contributed by atoms with van der Waals surface area (Å²) in [5.74, 6) is -0.550. The molecule has 2 N–H and O–H groups in total. The summed E-state index contributed by atoms with van der Waals surface area (Å²) >= 11 is 1.48. The number of rotatable bonds is 4. The van der Waals surface area contributed by atoms with E-state index in [1.807, 2.05) is 13.8 Å². The van der Waals surface area contributed by atoms with Crippen molar-refractivity contribution in [1.29, 1.82) is 0 Å². The number of aryl methyl sites for hydroxylation is 1. The summed E-state index contributed by atoms with van der Waals surface area (Å²) in [6, 6.07) is 5.52. The smallest absolute Gasteiger partial charge is 0.243 e. The predicted octanol–water partition coefficient (Wildman–Crippen LogP) is 2.71. The van der Waals surface area contributed by atoms with E-state index in [0.717, 1.165) is 21.1 Å². The Morgan fingerprint density at radius 1 is 1.42 bits per heavy atom. The number of amides is 2. The number of thiazole rings is 1. The van der Waals surface area contributed by atoms with Gasteiger partial charge in [-0.3, -0.25) is 9.59 Å². The number of hydrogen-bond donors (Lipinski definition) is 2. The van der Waals surface area contributed by atoms with Crippen LogP contribution in [0.1, 0.15) is 36.4 Å². The zero-order chi connectivity index (χ0) is 17.3. The number of nitrogens with one attached hydrogen (secondary N) is 2. The molecule has 5 nitrogen and oxygen atoms in total. The molecule has 0 spiro atoms. The normalized spacial score (nSPS) is 18.3. The van der Waals surface area contributed by atoms with Gasteiger partial charge in [-0.25, -0.2) is 9.37 Å². The Morgan fingerprint density at radius 3 is 2.75 bits per heavy atom. The van der Waals surface area contributed by atoms with E-state index in [0.29, 0.717) is 12.8 Å². The van der Waals surface area contributed by atoms with Crippen molar-refractivity contribution >= 4 is 23.2 Å². The summed E-state index contributed by atoms with van der Waals surface area (Å²) in [6.45, 7) is 3.78. The van der Waals surface area contributed by atoms with Gasteiger partial charge in [-0.15, -0.1) is 11.3 Å². The van der Waals surface area contributed by atoms with Gasteiger partial charge < -0.3 is 10.6 Å². The number of halogens is 1. The third-order valence-electron chi connectivity index (χ3n) is 3.99. The van der Waals surface area contributed by atoms with Gasteiger partial charge >= 0.3 is 0 Å². The Hall–Kier alpha value is -2.28. The van der Waals surface area contributed by atoms with Crippen LogP contribution in [0.3, 0.4) is 0 Å². The zero-order valence-electron chi connectivity index (χ0n) is 13.4. The van der Waals surface area contributed by atoms with Gasteiger partial charge in [-0.1, -0.05) is 0 Å². The average Bonchev–Trinajstić information content (AvgIpc) is 3.14. The van der Waals surface area contributed by atoms with E-state index < -0.39 is 6.04 Å². The number of carbonyl (C=O) groups is 2. The Morgan fingerprint density at radius 2 is 2.12 bits per heavy atom. The molecule has 1 aliphatic rings. The molecular formula is C17H18FN3O2S. The van der Waals surface area contributed by atoms with Crippen molar-refractivity contribution in [3.05, 3.63) is 40.7 Å². The largest absolute Gasteiger partial charge is 0.347 e. The van der Waals surface area contributed by atoms with Crippen LogP contribution in [0.15, 0.2) is 24.3 Å². The fraction of sp³-hybridized carbons (Fsp3) is 0.353. The molecule has 7 heteroatoms. The van der Waals surface area contributed by atoms with E-state index in [-0.39, 0.29) is 23.7 Å². The first-order chi connectivity index (χ1) is 11.4. The third kappa shape index (κ3) is 3.46. The average molecular weight is 347 g/mol. The standard InChI is InChI=1S/C17H18FN3O2S/c1-9(19-16(23)13-7-8-14(22)21-13)15-10(2)20-17(24-15)11-3-5-12(18)6-4-11/h3-6,9,13H,7-8H2,1-2H3,(H,19,23)(H,21,22)/t9-,13-/m0/s1. The second kappa shape index (κ2) is 6.68. The van der Waals surface area contributed by atoms with Crippen LogP contribution in [0.5, 0.6) is 0 Å². The summed E-state index contributed by atoms with van der Waals surface area (Å²) in [5.41, 5.74) is 1.68. The molecule has 1 aromatic heterocycles. The minimum absolute atomic E-state index is 0.0876. The highest BCUT2D eigenvalue weighted by atomic mass is 32.1. The minimum atomic E-state index is -0.454. The van der Waals surface area contributed by atoms with Gasteiger partial charge in [-0.05, 0) is 44.5 Å². The van der Waals surface area contributed by atoms with Crippen LogP contribution < -0.4 is 10.6 Å². The van der Waals surface area contributed by atoms with Crippen molar-refractivity contribution in [3.8, 4) is 10.6 Å². The summed E-state index contributed by atoms with van der Waals surface area (Å²) in [6.07, 6.45) is 0.917. The number of carbonyl (C=O) groups excluding carboxylic acids is 2. The molecule has 1 aromatic carbocycles. The summed E-state index contributed by atoms with van der Waals surface area (Å²) in [7, 11) is 0. The summed E-state index contributed by atoms with van der Waals surface area (Å²) < 4.78 is 13.0. The van der Waals surface area contributed by atoms with Gasteiger partial charge in [-0.2, -0.15) is 0 Å². The first-order valence-corrected chi connectivity index (χ1v) is 8.58. The predicted molar refractivity (Wildman–Crippen MR) is 90.0 cm³/mol. The van der Waals surface area contributed by atoms with E-state index in [9.17, 15) is 14.0 Å². The van der Waals surface area contributed by atoms with Crippen molar-refractivity contribution in [2.75, 3.05) is 0 Å². The molecule has 2 heterocycles. The molecule has 0 saturated carbocycles. The maximum Gasteiger partial charge on any atom is 0.243 e. The molecule has 1 saturated heterocycles. The van der Waals surface area contributed by atoms with Crippen molar-refractivity contribution in [1.82, 2.24) is 15.6 Å². The fourth-order valence-electron chi connectivity index (χ4n) is 2.72. The third-order valence-corrected chi connectivity index (χ3v) is 5.38. The molecule has 2 atom stereocenters. The maximum atomic E-state index is 13.0. The monoisotopic (exact) mass is 347 g/mol.